The minimum Gasteiger partial charge on any atom is -0.494 e. The Hall–Kier alpha value is -3.19. The third kappa shape index (κ3) is 5.24. The van der Waals surface area contributed by atoms with Gasteiger partial charge in [0.1, 0.15) is 5.75 Å². The SMILES string of the molecule is CCOc1ccc(C(=O)NCC(=O)Nc2nc(-c3c(C)cc(C)cc3C)cs2)cc1. The highest BCUT2D eigenvalue weighted by molar-refractivity contribution is 7.14. The normalized spacial score (nSPS) is 10.5. The van der Waals surface area contributed by atoms with Gasteiger partial charge in [-0.25, -0.2) is 4.98 Å². The average Bonchev–Trinajstić information content (AvgIpc) is 3.14. The number of rotatable bonds is 7. The number of aromatic nitrogens is 1. The van der Waals surface area contributed by atoms with Gasteiger partial charge in [0.05, 0.1) is 18.8 Å². The highest BCUT2D eigenvalue weighted by Gasteiger charge is 2.13. The average molecular weight is 424 g/mol. The maximum absolute atomic E-state index is 12.2. The fourth-order valence-electron chi connectivity index (χ4n) is 3.33. The van der Waals surface area contributed by atoms with Crippen molar-refractivity contribution >= 4 is 28.3 Å². The number of nitrogens with one attached hydrogen (secondary N) is 2. The molecule has 7 heteroatoms. The molecule has 0 saturated heterocycles. The minimum atomic E-state index is -0.326. The van der Waals surface area contributed by atoms with Crippen molar-refractivity contribution in [2.24, 2.45) is 0 Å². The van der Waals surface area contributed by atoms with Crippen LogP contribution in [-0.2, 0) is 4.79 Å². The Morgan fingerprint density at radius 1 is 1.07 bits per heavy atom. The summed E-state index contributed by atoms with van der Waals surface area (Å²) in [7, 11) is 0. The Kier molecular flexibility index (Phi) is 6.84. The van der Waals surface area contributed by atoms with Crippen LogP contribution in [0, 0.1) is 20.8 Å². The van der Waals surface area contributed by atoms with Crippen molar-refractivity contribution in [2.45, 2.75) is 27.7 Å². The van der Waals surface area contributed by atoms with E-state index in [9.17, 15) is 9.59 Å². The number of carbonyl (C=O) groups excluding carboxylic acids is 2. The van der Waals surface area contributed by atoms with E-state index in [-0.39, 0.29) is 18.4 Å². The number of aryl methyl sites for hydroxylation is 3. The van der Waals surface area contributed by atoms with Gasteiger partial charge in [-0.1, -0.05) is 17.7 Å². The van der Waals surface area contributed by atoms with Crippen LogP contribution in [0.25, 0.3) is 11.3 Å². The molecule has 0 radical (unpaired) electrons. The summed E-state index contributed by atoms with van der Waals surface area (Å²) in [5.74, 6) is 0.0527. The maximum atomic E-state index is 12.2. The van der Waals surface area contributed by atoms with Crippen LogP contribution in [0.1, 0.15) is 34.0 Å². The summed E-state index contributed by atoms with van der Waals surface area (Å²) in [6.07, 6.45) is 0. The highest BCUT2D eigenvalue weighted by atomic mass is 32.1. The second-order valence-electron chi connectivity index (χ2n) is 7.00. The van der Waals surface area contributed by atoms with E-state index in [2.05, 4.69) is 48.5 Å². The van der Waals surface area contributed by atoms with Gasteiger partial charge in [0, 0.05) is 16.5 Å². The summed E-state index contributed by atoms with van der Waals surface area (Å²) >= 11 is 1.36. The smallest absolute Gasteiger partial charge is 0.251 e. The molecule has 3 aromatic rings. The van der Waals surface area contributed by atoms with Crippen LogP contribution < -0.4 is 15.4 Å². The summed E-state index contributed by atoms with van der Waals surface area (Å²) in [5.41, 5.74) is 5.90. The van der Waals surface area contributed by atoms with Crippen molar-refractivity contribution in [3.8, 4) is 17.0 Å². The van der Waals surface area contributed by atoms with Crippen LogP contribution in [0.4, 0.5) is 5.13 Å². The van der Waals surface area contributed by atoms with E-state index in [1.807, 2.05) is 12.3 Å². The number of amides is 2. The molecule has 0 saturated carbocycles. The fraction of sp³-hybridized carbons (Fsp3) is 0.261. The Bertz CT molecular complexity index is 1030. The second kappa shape index (κ2) is 9.54. The Morgan fingerprint density at radius 2 is 1.73 bits per heavy atom. The second-order valence-corrected chi connectivity index (χ2v) is 7.86. The molecule has 30 heavy (non-hydrogen) atoms. The molecule has 0 atom stereocenters. The molecule has 2 N–H and O–H groups in total. The molecular formula is C23H25N3O3S. The number of anilines is 1. The predicted molar refractivity (Wildman–Crippen MR) is 120 cm³/mol. The zero-order valence-electron chi connectivity index (χ0n) is 17.5. The van der Waals surface area contributed by atoms with Gasteiger partial charge >= 0.3 is 0 Å². The first-order valence-corrected chi connectivity index (χ1v) is 10.6. The Balaban J connectivity index is 1.58. The number of hydrogen-bond donors (Lipinski definition) is 2. The van der Waals surface area contributed by atoms with E-state index in [1.54, 1.807) is 24.3 Å². The number of ether oxygens (including phenoxy) is 1. The molecule has 2 aromatic carbocycles. The number of carbonyl (C=O) groups is 2. The summed E-state index contributed by atoms with van der Waals surface area (Å²) in [6.45, 7) is 8.51. The Labute approximate surface area is 180 Å². The first kappa shape index (κ1) is 21.5. The van der Waals surface area contributed by atoms with Crippen LogP contribution in [0.3, 0.4) is 0 Å². The van der Waals surface area contributed by atoms with Crippen molar-refractivity contribution in [3.05, 3.63) is 64.0 Å². The lowest BCUT2D eigenvalue weighted by molar-refractivity contribution is -0.115. The van der Waals surface area contributed by atoms with Crippen molar-refractivity contribution in [1.82, 2.24) is 10.3 Å². The summed E-state index contributed by atoms with van der Waals surface area (Å²) in [5, 5.41) is 7.80. The lowest BCUT2D eigenvalue weighted by Crippen LogP contribution is -2.32. The van der Waals surface area contributed by atoms with Gasteiger partial charge < -0.3 is 15.4 Å². The molecule has 1 aromatic heterocycles. The molecule has 0 spiro atoms. The molecule has 156 valence electrons. The molecule has 0 aliphatic heterocycles. The monoisotopic (exact) mass is 423 g/mol. The van der Waals surface area contributed by atoms with Crippen molar-refractivity contribution in [3.63, 3.8) is 0 Å². The molecular weight excluding hydrogens is 398 g/mol. The van der Waals surface area contributed by atoms with Crippen molar-refractivity contribution in [2.75, 3.05) is 18.5 Å². The van der Waals surface area contributed by atoms with Gasteiger partial charge in [-0.2, -0.15) is 0 Å². The number of hydrogen-bond acceptors (Lipinski definition) is 5. The summed E-state index contributed by atoms with van der Waals surface area (Å²) in [6, 6.07) is 11.0. The number of benzene rings is 2. The molecule has 0 bridgehead atoms. The van der Waals surface area contributed by atoms with Crippen LogP contribution in [0.5, 0.6) is 5.75 Å². The predicted octanol–water partition coefficient (Wildman–Crippen LogP) is 4.50. The molecule has 1 heterocycles. The van der Waals surface area contributed by atoms with Crippen LogP contribution in [0.2, 0.25) is 0 Å². The van der Waals surface area contributed by atoms with E-state index < -0.39 is 0 Å². The van der Waals surface area contributed by atoms with E-state index in [4.69, 9.17) is 4.74 Å². The van der Waals surface area contributed by atoms with Gasteiger partial charge in [-0.15, -0.1) is 11.3 Å². The largest absolute Gasteiger partial charge is 0.494 e. The molecule has 6 nitrogen and oxygen atoms in total. The van der Waals surface area contributed by atoms with Gasteiger partial charge in [0.15, 0.2) is 5.13 Å². The fourth-order valence-corrected chi connectivity index (χ4v) is 4.04. The van der Waals surface area contributed by atoms with Gasteiger partial charge in [0.25, 0.3) is 5.91 Å². The Morgan fingerprint density at radius 3 is 2.37 bits per heavy atom. The van der Waals surface area contributed by atoms with Gasteiger partial charge in [-0.05, 0) is 63.1 Å². The van der Waals surface area contributed by atoms with Crippen LogP contribution in [-0.4, -0.2) is 29.9 Å². The number of thiazole rings is 1. The molecule has 0 aliphatic carbocycles. The van der Waals surface area contributed by atoms with E-state index in [0.29, 0.717) is 23.1 Å². The number of nitrogens with zero attached hydrogens (tertiary/aromatic N) is 1. The molecule has 2 amide bonds. The lowest BCUT2D eigenvalue weighted by Gasteiger charge is -2.09. The first-order valence-electron chi connectivity index (χ1n) is 9.72. The molecule has 0 aliphatic rings. The highest BCUT2D eigenvalue weighted by Crippen LogP contribution is 2.31. The summed E-state index contributed by atoms with van der Waals surface area (Å²) < 4.78 is 5.36. The third-order valence-electron chi connectivity index (χ3n) is 4.52. The summed E-state index contributed by atoms with van der Waals surface area (Å²) in [4.78, 5) is 29.0. The van der Waals surface area contributed by atoms with E-state index >= 15 is 0 Å². The third-order valence-corrected chi connectivity index (χ3v) is 5.28. The lowest BCUT2D eigenvalue weighted by atomic mass is 9.98. The first-order chi connectivity index (χ1) is 14.4. The molecule has 0 unspecified atom stereocenters. The van der Waals surface area contributed by atoms with Gasteiger partial charge in [-0.3, -0.25) is 9.59 Å². The van der Waals surface area contributed by atoms with Gasteiger partial charge in [0.2, 0.25) is 5.91 Å². The zero-order chi connectivity index (χ0) is 21.7. The minimum absolute atomic E-state index is 0.135. The van der Waals surface area contributed by atoms with Crippen LogP contribution in [0.15, 0.2) is 41.8 Å². The topological polar surface area (TPSA) is 80.3 Å². The quantitative estimate of drug-likeness (QED) is 0.586. The standard InChI is InChI=1S/C23H25N3O3S/c1-5-29-18-8-6-17(7-9-18)22(28)24-12-20(27)26-23-25-19(13-30-23)21-15(3)10-14(2)11-16(21)4/h6-11,13H,5,12H2,1-4H3,(H,24,28)(H,25,26,27). The van der Waals surface area contributed by atoms with E-state index in [1.165, 1.54) is 16.9 Å². The van der Waals surface area contributed by atoms with E-state index in [0.717, 1.165) is 22.4 Å². The zero-order valence-corrected chi connectivity index (χ0v) is 18.4. The van der Waals surface area contributed by atoms with Crippen molar-refractivity contribution in [1.29, 1.82) is 0 Å². The maximum Gasteiger partial charge on any atom is 0.251 e. The molecule has 0 fully saturated rings. The molecule has 3 rings (SSSR count). The van der Waals surface area contributed by atoms with Crippen LogP contribution >= 0.6 is 11.3 Å². The van der Waals surface area contributed by atoms with Crippen molar-refractivity contribution < 1.29 is 14.3 Å².